The van der Waals surface area contributed by atoms with E-state index in [1.54, 1.807) is 12.1 Å². The first-order valence-corrected chi connectivity index (χ1v) is 5.29. The lowest BCUT2D eigenvalue weighted by atomic mass is 10.1. The monoisotopic (exact) mass is 255 g/mol. The molecule has 0 fully saturated rings. The largest absolute Gasteiger partial charge is 0.330 e. The Kier molecular flexibility index (Phi) is 5.12. The highest BCUT2D eigenvalue weighted by Crippen LogP contribution is 2.16. The van der Waals surface area contributed by atoms with Crippen molar-refractivity contribution in [2.45, 2.75) is 13.0 Å². The summed E-state index contributed by atoms with van der Waals surface area (Å²) in [5.41, 5.74) is 7.21. The van der Waals surface area contributed by atoms with Gasteiger partial charge in [0.1, 0.15) is 5.82 Å². The molecule has 0 amide bonds. The quantitative estimate of drug-likeness (QED) is 0.912. The lowest BCUT2D eigenvalue weighted by molar-refractivity contribution is 0.586. The maximum atomic E-state index is 12.7. The third-order valence-corrected chi connectivity index (χ3v) is 2.37. The zero-order chi connectivity index (χ0) is 11.4. The Bertz CT molecular complexity index is 453. The summed E-state index contributed by atoms with van der Waals surface area (Å²) in [6, 6.07) is 8.25. The summed E-state index contributed by atoms with van der Waals surface area (Å²) in [6.07, 6.45) is 2.82. The molecular formula is C12H15ClFN3. The van der Waals surface area contributed by atoms with Crippen molar-refractivity contribution in [3.63, 3.8) is 0 Å². The van der Waals surface area contributed by atoms with Crippen LogP contribution in [0.1, 0.15) is 6.42 Å². The molecule has 3 nitrogen and oxygen atoms in total. The van der Waals surface area contributed by atoms with Crippen LogP contribution in [0.3, 0.4) is 0 Å². The van der Waals surface area contributed by atoms with Gasteiger partial charge in [0.15, 0.2) is 0 Å². The second kappa shape index (κ2) is 6.37. The van der Waals surface area contributed by atoms with Gasteiger partial charge in [0.05, 0.1) is 5.69 Å². The fraction of sp³-hybridized carbons (Fsp3) is 0.250. The smallest absolute Gasteiger partial charge is 0.123 e. The van der Waals surface area contributed by atoms with Gasteiger partial charge in [-0.25, -0.2) is 4.39 Å². The third kappa shape index (κ3) is 3.54. The second-order valence-corrected chi connectivity index (χ2v) is 3.61. The summed E-state index contributed by atoms with van der Waals surface area (Å²) in [7, 11) is 0. The summed E-state index contributed by atoms with van der Waals surface area (Å²) in [4.78, 5) is 0. The van der Waals surface area contributed by atoms with Crippen LogP contribution in [0.4, 0.5) is 4.39 Å². The van der Waals surface area contributed by atoms with Gasteiger partial charge in [-0.3, -0.25) is 4.68 Å². The van der Waals surface area contributed by atoms with Crippen LogP contribution in [0.25, 0.3) is 11.3 Å². The first-order chi connectivity index (χ1) is 7.79. The molecule has 0 aliphatic carbocycles. The predicted octanol–water partition coefficient (Wildman–Crippen LogP) is 2.46. The van der Waals surface area contributed by atoms with Gasteiger partial charge in [0, 0.05) is 18.3 Å². The summed E-state index contributed by atoms with van der Waals surface area (Å²) in [5.74, 6) is -0.230. The van der Waals surface area contributed by atoms with Crippen molar-refractivity contribution in [2.75, 3.05) is 6.54 Å². The minimum Gasteiger partial charge on any atom is -0.330 e. The van der Waals surface area contributed by atoms with E-state index in [-0.39, 0.29) is 18.2 Å². The van der Waals surface area contributed by atoms with E-state index in [2.05, 4.69) is 5.10 Å². The minimum atomic E-state index is -0.230. The predicted molar refractivity (Wildman–Crippen MR) is 68.5 cm³/mol. The fourth-order valence-electron chi connectivity index (χ4n) is 1.51. The summed E-state index contributed by atoms with van der Waals surface area (Å²) < 4.78 is 14.6. The van der Waals surface area contributed by atoms with Crippen LogP contribution in [0.5, 0.6) is 0 Å². The van der Waals surface area contributed by atoms with Gasteiger partial charge in [0.25, 0.3) is 0 Å². The zero-order valence-corrected chi connectivity index (χ0v) is 10.2. The van der Waals surface area contributed by atoms with E-state index >= 15 is 0 Å². The van der Waals surface area contributed by atoms with Crippen molar-refractivity contribution in [3.05, 3.63) is 42.3 Å². The van der Waals surface area contributed by atoms with E-state index < -0.39 is 0 Å². The number of benzene rings is 1. The van der Waals surface area contributed by atoms with Gasteiger partial charge in [-0.1, -0.05) is 0 Å². The Balaban J connectivity index is 0.00000144. The molecule has 0 saturated carbocycles. The number of hydrogen-bond donors (Lipinski definition) is 1. The molecule has 2 rings (SSSR count). The average Bonchev–Trinajstić information content (AvgIpc) is 2.76. The van der Waals surface area contributed by atoms with Gasteiger partial charge in [-0.05, 0) is 43.3 Å². The average molecular weight is 256 g/mol. The van der Waals surface area contributed by atoms with Gasteiger partial charge < -0.3 is 5.73 Å². The normalized spacial score (nSPS) is 10.0. The van der Waals surface area contributed by atoms with Crippen LogP contribution < -0.4 is 5.73 Å². The van der Waals surface area contributed by atoms with Crippen molar-refractivity contribution in [3.8, 4) is 11.3 Å². The Labute approximate surface area is 106 Å². The number of rotatable bonds is 4. The van der Waals surface area contributed by atoms with Crippen LogP contribution in [0.15, 0.2) is 36.5 Å². The standard InChI is InChI=1S/C12H14FN3.ClH/c13-11-4-2-10(3-5-11)12-6-9-16(15-12)8-1-7-14;/h2-6,9H,1,7-8,14H2;1H. The van der Waals surface area contributed by atoms with Crippen LogP contribution >= 0.6 is 12.4 Å². The molecule has 0 spiro atoms. The molecule has 2 N–H and O–H groups in total. The highest BCUT2D eigenvalue weighted by molar-refractivity contribution is 5.85. The number of nitrogens with two attached hydrogens (primary N) is 1. The number of hydrogen-bond acceptors (Lipinski definition) is 2. The number of halogens is 2. The SMILES string of the molecule is Cl.NCCCn1ccc(-c2ccc(F)cc2)n1. The Morgan fingerprint density at radius 2 is 1.88 bits per heavy atom. The molecule has 0 aliphatic heterocycles. The third-order valence-electron chi connectivity index (χ3n) is 2.37. The molecule has 0 saturated heterocycles. The van der Waals surface area contributed by atoms with E-state index in [1.807, 2.05) is 16.9 Å². The second-order valence-electron chi connectivity index (χ2n) is 3.61. The molecule has 0 bridgehead atoms. The maximum Gasteiger partial charge on any atom is 0.123 e. The molecule has 1 aromatic carbocycles. The molecule has 0 unspecified atom stereocenters. The number of aryl methyl sites for hydroxylation is 1. The Morgan fingerprint density at radius 3 is 2.53 bits per heavy atom. The van der Waals surface area contributed by atoms with Crippen LogP contribution in [-0.2, 0) is 6.54 Å². The Hall–Kier alpha value is -1.39. The van der Waals surface area contributed by atoms with Crippen molar-refractivity contribution < 1.29 is 4.39 Å². The lowest BCUT2D eigenvalue weighted by Crippen LogP contribution is -2.06. The van der Waals surface area contributed by atoms with Crippen molar-refractivity contribution in [1.82, 2.24) is 9.78 Å². The molecule has 0 aliphatic rings. The molecule has 1 heterocycles. The Morgan fingerprint density at radius 1 is 1.18 bits per heavy atom. The highest BCUT2D eigenvalue weighted by atomic mass is 35.5. The molecule has 2 aromatic rings. The number of aromatic nitrogens is 2. The van der Waals surface area contributed by atoms with E-state index in [1.165, 1.54) is 12.1 Å². The van der Waals surface area contributed by atoms with Crippen molar-refractivity contribution in [2.24, 2.45) is 5.73 Å². The maximum absolute atomic E-state index is 12.7. The van der Waals surface area contributed by atoms with E-state index in [0.717, 1.165) is 24.2 Å². The highest BCUT2D eigenvalue weighted by Gasteiger charge is 2.02. The first-order valence-electron chi connectivity index (χ1n) is 5.29. The van der Waals surface area contributed by atoms with E-state index in [9.17, 15) is 4.39 Å². The topological polar surface area (TPSA) is 43.8 Å². The molecule has 17 heavy (non-hydrogen) atoms. The lowest BCUT2D eigenvalue weighted by Gasteiger charge is -1.99. The van der Waals surface area contributed by atoms with Gasteiger partial charge >= 0.3 is 0 Å². The molecular weight excluding hydrogens is 241 g/mol. The van der Waals surface area contributed by atoms with Crippen LogP contribution in [0, 0.1) is 5.82 Å². The summed E-state index contributed by atoms with van der Waals surface area (Å²) in [5, 5.41) is 4.39. The molecule has 0 atom stereocenters. The summed E-state index contributed by atoms with van der Waals surface area (Å²) >= 11 is 0. The van der Waals surface area contributed by atoms with Gasteiger partial charge in [0.2, 0.25) is 0 Å². The van der Waals surface area contributed by atoms with Crippen molar-refractivity contribution >= 4 is 12.4 Å². The zero-order valence-electron chi connectivity index (χ0n) is 9.34. The van der Waals surface area contributed by atoms with Gasteiger partial charge in [-0.2, -0.15) is 5.10 Å². The first kappa shape index (κ1) is 13.7. The van der Waals surface area contributed by atoms with Crippen molar-refractivity contribution in [1.29, 1.82) is 0 Å². The van der Waals surface area contributed by atoms with Crippen LogP contribution in [-0.4, -0.2) is 16.3 Å². The fourth-order valence-corrected chi connectivity index (χ4v) is 1.51. The minimum absolute atomic E-state index is 0. The molecule has 92 valence electrons. The van der Waals surface area contributed by atoms with E-state index in [4.69, 9.17) is 5.73 Å². The molecule has 5 heteroatoms. The van der Waals surface area contributed by atoms with Crippen LogP contribution in [0.2, 0.25) is 0 Å². The molecule has 1 aromatic heterocycles. The van der Waals surface area contributed by atoms with Gasteiger partial charge in [-0.15, -0.1) is 12.4 Å². The van der Waals surface area contributed by atoms with E-state index in [0.29, 0.717) is 6.54 Å². The summed E-state index contributed by atoms with van der Waals surface area (Å²) in [6.45, 7) is 1.48. The number of nitrogens with zero attached hydrogens (tertiary/aromatic N) is 2. The molecule has 0 radical (unpaired) electrons.